The maximum Gasteiger partial charge on any atom is 0.229 e. The molecule has 0 bridgehead atoms. The van der Waals surface area contributed by atoms with Gasteiger partial charge in [0.25, 0.3) is 0 Å². The fourth-order valence-electron chi connectivity index (χ4n) is 3.09. The second kappa shape index (κ2) is 5.72. The lowest BCUT2D eigenvalue weighted by atomic mass is 9.97. The van der Waals surface area contributed by atoms with Gasteiger partial charge in [-0.2, -0.15) is 0 Å². The SMILES string of the molecule is Cc1ccc(C)c(C2CCCN2C(=O)Cc2ccon2)c1. The van der Waals surface area contributed by atoms with E-state index in [0.717, 1.165) is 19.4 Å². The Hall–Kier alpha value is -2.10. The monoisotopic (exact) mass is 284 g/mol. The van der Waals surface area contributed by atoms with Crippen molar-refractivity contribution in [2.24, 2.45) is 0 Å². The zero-order valence-electron chi connectivity index (χ0n) is 12.5. The van der Waals surface area contributed by atoms with Crippen molar-refractivity contribution in [3.05, 3.63) is 52.9 Å². The first-order chi connectivity index (χ1) is 10.1. The molecule has 0 saturated carbocycles. The highest BCUT2D eigenvalue weighted by Gasteiger charge is 2.31. The van der Waals surface area contributed by atoms with Crippen molar-refractivity contribution in [1.82, 2.24) is 10.1 Å². The fourth-order valence-corrected chi connectivity index (χ4v) is 3.09. The number of nitrogens with zero attached hydrogens (tertiary/aromatic N) is 2. The number of hydrogen-bond acceptors (Lipinski definition) is 3. The van der Waals surface area contributed by atoms with E-state index in [9.17, 15) is 4.79 Å². The summed E-state index contributed by atoms with van der Waals surface area (Å²) < 4.78 is 4.80. The predicted octanol–water partition coefficient (Wildman–Crippen LogP) is 3.20. The van der Waals surface area contributed by atoms with Crippen LogP contribution in [0.15, 0.2) is 35.1 Å². The van der Waals surface area contributed by atoms with E-state index in [1.807, 2.05) is 4.90 Å². The van der Waals surface area contributed by atoms with E-state index < -0.39 is 0 Å². The summed E-state index contributed by atoms with van der Waals surface area (Å²) >= 11 is 0. The number of likely N-dealkylation sites (tertiary alicyclic amines) is 1. The summed E-state index contributed by atoms with van der Waals surface area (Å²) in [6, 6.07) is 8.42. The van der Waals surface area contributed by atoms with Crippen molar-refractivity contribution in [2.45, 2.75) is 39.2 Å². The van der Waals surface area contributed by atoms with Crippen LogP contribution in [0.3, 0.4) is 0 Å². The Bertz CT molecular complexity index is 634. The minimum Gasteiger partial charge on any atom is -0.364 e. The Morgan fingerprint density at radius 1 is 1.38 bits per heavy atom. The van der Waals surface area contributed by atoms with E-state index in [1.54, 1.807) is 6.07 Å². The van der Waals surface area contributed by atoms with Crippen molar-refractivity contribution in [3.63, 3.8) is 0 Å². The number of aromatic nitrogens is 1. The molecule has 1 saturated heterocycles. The van der Waals surface area contributed by atoms with Gasteiger partial charge in [-0.05, 0) is 37.8 Å². The Morgan fingerprint density at radius 3 is 3.00 bits per heavy atom. The number of aryl methyl sites for hydroxylation is 2. The Balaban J connectivity index is 1.82. The number of carbonyl (C=O) groups is 1. The molecule has 21 heavy (non-hydrogen) atoms. The third kappa shape index (κ3) is 2.84. The van der Waals surface area contributed by atoms with E-state index in [-0.39, 0.29) is 11.9 Å². The second-order valence-corrected chi connectivity index (χ2v) is 5.77. The van der Waals surface area contributed by atoms with Crippen molar-refractivity contribution in [2.75, 3.05) is 6.54 Å². The number of benzene rings is 1. The van der Waals surface area contributed by atoms with Crippen LogP contribution in [0.1, 0.15) is 41.3 Å². The highest BCUT2D eigenvalue weighted by Crippen LogP contribution is 2.34. The van der Waals surface area contributed by atoms with Gasteiger partial charge < -0.3 is 9.42 Å². The molecule has 0 spiro atoms. The van der Waals surface area contributed by atoms with Crippen molar-refractivity contribution in [3.8, 4) is 0 Å². The van der Waals surface area contributed by atoms with Crippen molar-refractivity contribution >= 4 is 5.91 Å². The van der Waals surface area contributed by atoms with Crippen LogP contribution in [0.5, 0.6) is 0 Å². The van der Waals surface area contributed by atoms with Gasteiger partial charge in [-0.1, -0.05) is 28.9 Å². The summed E-state index contributed by atoms with van der Waals surface area (Å²) in [6.45, 7) is 5.04. The largest absolute Gasteiger partial charge is 0.364 e. The lowest BCUT2D eigenvalue weighted by Gasteiger charge is -2.26. The maximum atomic E-state index is 12.5. The molecule has 1 fully saturated rings. The molecule has 1 aromatic heterocycles. The molecule has 1 aromatic carbocycles. The molecule has 1 aliphatic rings. The Morgan fingerprint density at radius 2 is 2.24 bits per heavy atom. The van der Waals surface area contributed by atoms with Gasteiger partial charge in [0.05, 0.1) is 18.2 Å². The maximum absolute atomic E-state index is 12.5. The summed E-state index contributed by atoms with van der Waals surface area (Å²) in [6.07, 6.45) is 3.92. The molecule has 0 N–H and O–H groups in total. The van der Waals surface area contributed by atoms with E-state index >= 15 is 0 Å². The molecule has 3 rings (SSSR count). The minimum absolute atomic E-state index is 0.132. The van der Waals surface area contributed by atoms with E-state index in [4.69, 9.17) is 4.52 Å². The van der Waals surface area contributed by atoms with Gasteiger partial charge in [0.15, 0.2) is 0 Å². The number of rotatable bonds is 3. The third-order valence-electron chi connectivity index (χ3n) is 4.19. The van der Waals surface area contributed by atoms with Crippen LogP contribution in [-0.4, -0.2) is 22.5 Å². The number of hydrogen-bond donors (Lipinski definition) is 0. The van der Waals surface area contributed by atoms with Gasteiger partial charge in [-0.3, -0.25) is 4.79 Å². The summed E-state index contributed by atoms with van der Waals surface area (Å²) in [4.78, 5) is 14.5. The molecule has 2 heterocycles. The zero-order valence-corrected chi connectivity index (χ0v) is 12.5. The first kappa shape index (κ1) is 13.9. The zero-order chi connectivity index (χ0) is 14.8. The standard InChI is InChI=1S/C17H20N2O2/c1-12-5-6-13(2)15(10-12)16-4-3-8-19(16)17(20)11-14-7-9-21-18-14/h5-7,9-10,16H,3-4,8,11H2,1-2H3. The normalized spacial score (nSPS) is 18.2. The summed E-state index contributed by atoms with van der Waals surface area (Å²) in [7, 11) is 0. The first-order valence-corrected chi connectivity index (χ1v) is 7.41. The van der Waals surface area contributed by atoms with Crippen LogP contribution in [0, 0.1) is 13.8 Å². The van der Waals surface area contributed by atoms with Gasteiger partial charge in [-0.25, -0.2) is 0 Å². The van der Waals surface area contributed by atoms with Crippen LogP contribution in [0.4, 0.5) is 0 Å². The molecule has 1 unspecified atom stereocenters. The molecular weight excluding hydrogens is 264 g/mol. The van der Waals surface area contributed by atoms with Crippen molar-refractivity contribution in [1.29, 1.82) is 0 Å². The Labute approximate surface area is 124 Å². The third-order valence-corrected chi connectivity index (χ3v) is 4.19. The topological polar surface area (TPSA) is 46.3 Å². The highest BCUT2D eigenvalue weighted by molar-refractivity contribution is 5.79. The van der Waals surface area contributed by atoms with E-state index in [2.05, 4.69) is 37.2 Å². The fraction of sp³-hybridized carbons (Fsp3) is 0.412. The van der Waals surface area contributed by atoms with Gasteiger partial charge in [0, 0.05) is 12.6 Å². The molecule has 110 valence electrons. The van der Waals surface area contributed by atoms with Crippen LogP contribution >= 0.6 is 0 Å². The summed E-state index contributed by atoms with van der Waals surface area (Å²) in [5.74, 6) is 0.132. The van der Waals surface area contributed by atoms with Gasteiger partial charge in [0.1, 0.15) is 6.26 Å². The van der Waals surface area contributed by atoms with Crippen LogP contribution in [-0.2, 0) is 11.2 Å². The number of carbonyl (C=O) groups excluding carboxylic acids is 1. The molecule has 4 nitrogen and oxygen atoms in total. The molecule has 1 aliphatic heterocycles. The highest BCUT2D eigenvalue weighted by atomic mass is 16.5. The average Bonchev–Trinajstić information content (AvgIpc) is 3.12. The van der Waals surface area contributed by atoms with Gasteiger partial charge >= 0.3 is 0 Å². The minimum atomic E-state index is 0.132. The van der Waals surface area contributed by atoms with Gasteiger partial charge in [0.2, 0.25) is 5.91 Å². The van der Waals surface area contributed by atoms with Crippen molar-refractivity contribution < 1.29 is 9.32 Å². The van der Waals surface area contributed by atoms with Gasteiger partial charge in [-0.15, -0.1) is 0 Å². The lowest BCUT2D eigenvalue weighted by Crippen LogP contribution is -2.32. The van der Waals surface area contributed by atoms with Crippen LogP contribution in [0.2, 0.25) is 0 Å². The summed E-state index contributed by atoms with van der Waals surface area (Å²) in [5.41, 5.74) is 4.48. The molecule has 1 atom stereocenters. The molecular formula is C17H20N2O2. The van der Waals surface area contributed by atoms with E-state index in [0.29, 0.717) is 12.1 Å². The molecule has 4 heteroatoms. The molecule has 0 aliphatic carbocycles. The quantitative estimate of drug-likeness (QED) is 0.869. The molecule has 1 amide bonds. The lowest BCUT2D eigenvalue weighted by molar-refractivity contribution is -0.131. The van der Waals surface area contributed by atoms with E-state index in [1.165, 1.54) is 23.0 Å². The Kier molecular flexibility index (Phi) is 3.78. The molecule has 2 aromatic rings. The molecule has 0 radical (unpaired) electrons. The van der Waals surface area contributed by atoms with Crippen LogP contribution < -0.4 is 0 Å². The average molecular weight is 284 g/mol. The second-order valence-electron chi connectivity index (χ2n) is 5.77. The van der Waals surface area contributed by atoms with Crippen LogP contribution in [0.25, 0.3) is 0 Å². The predicted molar refractivity (Wildman–Crippen MR) is 79.8 cm³/mol. The summed E-state index contributed by atoms with van der Waals surface area (Å²) in [5, 5.41) is 3.83. The first-order valence-electron chi connectivity index (χ1n) is 7.41. The number of amides is 1. The smallest absolute Gasteiger partial charge is 0.229 e.